The number of hydrogen-bond acceptors (Lipinski definition) is 5. The molecule has 2 aliphatic heterocycles. The Kier molecular flexibility index (Phi) is 7.22. The molecule has 0 bridgehead atoms. The van der Waals surface area contributed by atoms with E-state index in [0.717, 1.165) is 55.8 Å². The van der Waals surface area contributed by atoms with Gasteiger partial charge >= 0.3 is 0 Å². The second-order valence-corrected chi connectivity index (χ2v) is 9.17. The first kappa shape index (κ1) is 22.9. The summed E-state index contributed by atoms with van der Waals surface area (Å²) in [7, 11) is 0. The van der Waals surface area contributed by atoms with Crippen LogP contribution in [0.15, 0.2) is 54.6 Å². The highest BCUT2D eigenvalue weighted by molar-refractivity contribution is 7.77. The van der Waals surface area contributed by atoms with Crippen molar-refractivity contribution in [3.05, 3.63) is 60.2 Å². The lowest BCUT2D eigenvalue weighted by atomic mass is 9.88. The van der Waals surface area contributed by atoms with Crippen LogP contribution in [0.25, 0.3) is 0 Å². The van der Waals surface area contributed by atoms with Crippen molar-refractivity contribution < 1.29 is 18.3 Å². The van der Waals surface area contributed by atoms with E-state index in [0.29, 0.717) is 6.54 Å². The quantitative estimate of drug-likeness (QED) is 0.436. The summed E-state index contributed by atoms with van der Waals surface area (Å²) in [6.45, 7) is 5.23. The number of likely N-dealkylation sites (tertiary alicyclic amines) is 1. The van der Waals surface area contributed by atoms with Gasteiger partial charge in [-0.1, -0.05) is 30.3 Å². The lowest BCUT2D eigenvalue weighted by Crippen LogP contribution is -2.61. The second-order valence-electron chi connectivity index (χ2n) is 8.47. The molecule has 0 saturated carbocycles. The van der Waals surface area contributed by atoms with Gasteiger partial charge in [0, 0.05) is 25.3 Å². The zero-order valence-corrected chi connectivity index (χ0v) is 19.0. The predicted molar refractivity (Wildman–Crippen MR) is 125 cm³/mol. The van der Waals surface area contributed by atoms with Crippen molar-refractivity contribution >= 4 is 28.5 Å². The zero-order valence-electron chi connectivity index (χ0n) is 18.2. The number of carbonyl (C=O) groups is 1. The predicted octanol–water partition coefficient (Wildman–Crippen LogP) is 2.57. The van der Waals surface area contributed by atoms with Gasteiger partial charge in [0.1, 0.15) is 6.10 Å². The molecule has 1 amide bonds. The summed E-state index contributed by atoms with van der Waals surface area (Å²) in [5.74, 6) is 0.0252. The van der Waals surface area contributed by atoms with Crippen molar-refractivity contribution in [2.75, 3.05) is 36.5 Å². The summed E-state index contributed by atoms with van der Waals surface area (Å²) < 4.78 is 25.9. The summed E-state index contributed by atoms with van der Waals surface area (Å²) in [4.78, 5) is 19.3. The number of anilines is 2. The number of ether oxygens (including phenoxy) is 1. The minimum atomic E-state index is -2.11. The fourth-order valence-electron chi connectivity index (χ4n) is 4.53. The molecular weight excluding hydrogens is 428 g/mol. The second kappa shape index (κ2) is 10.1. The van der Waals surface area contributed by atoms with E-state index >= 15 is 0 Å². The molecule has 4 rings (SSSR count). The number of carbonyl (C=O) groups excluding carboxylic acids is 1. The molecule has 2 atom stereocenters. The van der Waals surface area contributed by atoms with E-state index in [1.807, 2.05) is 60.4 Å². The van der Waals surface area contributed by atoms with Crippen LogP contribution in [0.2, 0.25) is 0 Å². The fraction of sp³-hybridized carbons (Fsp3) is 0.435. The molecule has 172 valence electrons. The monoisotopic (exact) mass is 458 g/mol. The highest BCUT2D eigenvalue weighted by Gasteiger charge is 2.45. The van der Waals surface area contributed by atoms with Crippen molar-refractivity contribution in [1.29, 1.82) is 0 Å². The average molecular weight is 459 g/mol. The largest absolute Gasteiger partial charge is 0.360 e. The molecule has 3 N–H and O–H groups in total. The smallest absolute Gasteiger partial charge is 0.255 e. The van der Waals surface area contributed by atoms with E-state index in [1.165, 1.54) is 0 Å². The van der Waals surface area contributed by atoms with Crippen molar-refractivity contribution in [2.45, 2.75) is 37.9 Å². The third-order valence-corrected chi connectivity index (χ3v) is 6.53. The van der Waals surface area contributed by atoms with Crippen LogP contribution in [-0.4, -0.2) is 57.5 Å². The Labute approximate surface area is 191 Å². The first-order valence-electron chi connectivity index (χ1n) is 10.9. The molecule has 2 aromatic carbocycles. The van der Waals surface area contributed by atoms with Crippen LogP contribution in [0.3, 0.4) is 0 Å². The fourth-order valence-corrected chi connectivity index (χ4v) is 4.73. The maximum absolute atomic E-state index is 12.7. The van der Waals surface area contributed by atoms with Gasteiger partial charge in [-0.05, 0) is 56.0 Å². The van der Waals surface area contributed by atoms with Crippen LogP contribution in [-0.2, 0) is 27.2 Å². The van der Waals surface area contributed by atoms with Crippen molar-refractivity contribution in [3.8, 4) is 0 Å². The average Bonchev–Trinajstić information content (AvgIpc) is 2.81. The van der Waals surface area contributed by atoms with E-state index in [4.69, 9.17) is 9.29 Å². The minimum Gasteiger partial charge on any atom is -0.360 e. The number of hydrogen-bond donors (Lipinski definition) is 3. The Morgan fingerprint density at radius 1 is 1.16 bits per heavy atom. The van der Waals surface area contributed by atoms with Crippen LogP contribution in [0, 0.1) is 0 Å². The molecule has 8 nitrogen and oxygen atoms in total. The van der Waals surface area contributed by atoms with Crippen LogP contribution >= 0.6 is 0 Å². The Balaban J connectivity index is 1.32. The Bertz CT molecular complexity index is 950. The summed E-state index contributed by atoms with van der Waals surface area (Å²) in [5, 5.41) is 0. The number of hydrazine groups is 1. The van der Waals surface area contributed by atoms with Crippen LogP contribution in [0.1, 0.15) is 25.3 Å². The van der Waals surface area contributed by atoms with Crippen molar-refractivity contribution in [2.24, 2.45) is 0 Å². The molecule has 2 unspecified atom stereocenters. The third-order valence-electron chi connectivity index (χ3n) is 6.25. The minimum absolute atomic E-state index is 0.0252. The summed E-state index contributed by atoms with van der Waals surface area (Å²) in [6, 6.07) is 17.6. The third kappa shape index (κ3) is 5.54. The highest BCUT2D eigenvalue weighted by Crippen LogP contribution is 2.35. The number of para-hydroxylation sites is 1. The van der Waals surface area contributed by atoms with Crippen molar-refractivity contribution in [3.63, 3.8) is 0 Å². The van der Waals surface area contributed by atoms with Crippen LogP contribution < -0.4 is 15.2 Å². The number of nitrogens with one attached hydrogen (secondary N) is 2. The molecule has 0 aromatic heterocycles. The summed E-state index contributed by atoms with van der Waals surface area (Å²) in [5.41, 5.74) is 5.27. The van der Waals surface area contributed by atoms with Gasteiger partial charge in [0.05, 0.1) is 17.8 Å². The zero-order chi connectivity index (χ0) is 22.6. The van der Waals surface area contributed by atoms with E-state index in [9.17, 15) is 9.00 Å². The van der Waals surface area contributed by atoms with Gasteiger partial charge in [-0.25, -0.2) is 4.21 Å². The number of benzene rings is 2. The van der Waals surface area contributed by atoms with Gasteiger partial charge in [0.2, 0.25) is 11.3 Å². The Hall–Kier alpha value is -2.30. The molecule has 0 radical (unpaired) electrons. The Morgan fingerprint density at radius 3 is 2.62 bits per heavy atom. The molecule has 0 aliphatic carbocycles. The number of nitrogens with zero attached hydrogens (tertiary/aromatic N) is 2. The highest BCUT2D eigenvalue weighted by atomic mass is 32.2. The van der Waals surface area contributed by atoms with E-state index in [2.05, 4.69) is 21.2 Å². The van der Waals surface area contributed by atoms with Crippen LogP contribution in [0.5, 0.6) is 0 Å². The van der Waals surface area contributed by atoms with E-state index < -0.39 is 17.4 Å². The van der Waals surface area contributed by atoms with Gasteiger partial charge in [-0.15, -0.1) is 4.83 Å². The maximum atomic E-state index is 12.7. The first-order valence-corrected chi connectivity index (χ1v) is 12.0. The topological polar surface area (TPSA) is 94.1 Å². The molecular formula is C23H30N4O4S. The number of rotatable bonds is 7. The van der Waals surface area contributed by atoms with E-state index in [-0.39, 0.29) is 11.5 Å². The van der Waals surface area contributed by atoms with Gasteiger partial charge in [0.15, 0.2) is 0 Å². The number of morpholine rings is 1. The Morgan fingerprint density at radius 2 is 1.91 bits per heavy atom. The normalized spacial score (nSPS) is 22.1. The molecule has 9 heteroatoms. The van der Waals surface area contributed by atoms with Gasteiger partial charge < -0.3 is 20.0 Å². The van der Waals surface area contributed by atoms with Gasteiger partial charge in [-0.3, -0.25) is 9.35 Å². The number of amides is 1. The molecule has 2 fully saturated rings. The molecule has 2 saturated heterocycles. The lowest BCUT2D eigenvalue weighted by molar-refractivity contribution is -0.161. The summed E-state index contributed by atoms with van der Waals surface area (Å²) in [6.07, 6.45) is 2.23. The van der Waals surface area contributed by atoms with E-state index in [1.54, 1.807) is 0 Å². The maximum Gasteiger partial charge on any atom is 0.255 e. The molecule has 1 spiro atoms. The molecule has 2 aromatic rings. The SMILES string of the molecule is CC1OC2(CCN(CCc3cccc(NNS(=O)O)c3)CC2)CN(c2ccccc2)C1=O. The standard InChI is InChI=1S/C23H30N4O4S/c1-18-22(28)27(21-8-3-2-4-9-21)17-23(31-18)11-14-26(15-12-23)13-10-19-6-5-7-20(16-19)24-25-32(29)30/h2-9,16,18,24-25H,10-15,17H2,1H3,(H,29,30). The molecule has 32 heavy (non-hydrogen) atoms. The van der Waals surface area contributed by atoms with Crippen molar-refractivity contribution in [1.82, 2.24) is 9.73 Å². The molecule has 2 heterocycles. The van der Waals surface area contributed by atoms with Crippen LogP contribution in [0.4, 0.5) is 11.4 Å². The number of piperidine rings is 1. The first-order chi connectivity index (χ1) is 15.4. The van der Waals surface area contributed by atoms with Gasteiger partial charge in [0.25, 0.3) is 5.91 Å². The van der Waals surface area contributed by atoms with Gasteiger partial charge in [-0.2, -0.15) is 0 Å². The molecule has 2 aliphatic rings. The lowest BCUT2D eigenvalue weighted by Gasteiger charge is -2.49. The summed E-state index contributed by atoms with van der Waals surface area (Å²) >= 11 is -2.11.